The fraction of sp³-hybridized carbons (Fsp3) is 0.846. The summed E-state index contributed by atoms with van der Waals surface area (Å²) in [5.41, 5.74) is 0. The van der Waals surface area contributed by atoms with E-state index in [4.69, 9.17) is 4.74 Å². The SMILES string of the molecule is CC(C)OCCCNCC1CC=CCC1. The highest BCUT2D eigenvalue weighted by Gasteiger charge is 2.08. The predicted octanol–water partition coefficient (Wildman–Crippen LogP) is 2.75. The molecule has 0 radical (unpaired) electrons. The molecule has 2 nitrogen and oxygen atoms in total. The summed E-state index contributed by atoms with van der Waals surface area (Å²) >= 11 is 0. The Bertz CT molecular complexity index is 177. The van der Waals surface area contributed by atoms with Crippen molar-refractivity contribution in [2.24, 2.45) is 5.92 Å². The maximum Gasteiger partial charge on any atom is 0.0518 e. The largest absolute Gasteiger partial charge is 0.379 e. The molecule has 0 saturated carbocycles. The van der Waals surface area contributed by atoms with Crippen LogP contribution >= 0.6 is 0 Å². The van der Waals surface area contributed by atoms with Crippen LogP contribution in [-0.2, 0) is 4.74 Å². The van der Waals surface area contributed by atoms with Crippen LogP contribution in [0.3, 0.4) is 0 Å². The summed E-state index contributed by atoms with van der Waals surface area (Å²) in [6.45, 7) is 7.32. The molecule has 0 bridgehead atoms. The number of hydrogen-bond donors (Lipinski definition) is 1. The first kappa shape index (κ1) is 12.7. The molecule has 1 rings (SSSR count). The van der Waals surface area contributed by atoms with Gasteiger partial charge in [-0.1, -0.05) is 12.2 Å². The Kier molecular flexibility index (Phi) is 6.69. The number of nitrogens with one attached hydrogen (secondary N) is 1. The Hall–Kier alpha value is -0.340. The fourth-order valence-electron chi connectivity index (χ4n) is 1.86. The van der Waals surface area contributed by atoms with Gasteiger partial charge in [0.15, 0.2) is 0 Å². The summed E-state index contributed by atoms with van der Waals surface area (Å²) < 4.78 is 5.48. The van der Waals surface area contributed by atoms with Gasteiger partial charge >= 0.3 is 0 Å². The number of allylic oxidation sites excluding steroid dienone is 2. The van der Waals surface area contributed by atoms with Crippen molar-refractivity contribution in [3.8, 4) is 0 Å². The van der Waals surface area contributed by atoms with Crippen molar-refractivity contribution in [2.75, 3.05) is 19.7 Å². The van der Waals surface area contributed by atoms with Crippen LogP contribution < -0.4 is 5.32 Å². The zero-order valence-electron chi connectivity index (χ0n) is 10.2. The Balaban J connectivity index is 1.86. The molecule has 2 heteroatoms. The van der Waals surface area contributed by atoms with Crippen LogP contribution in [0.5, 0.6) is 0 Å². The lowest BCUT2D eigenvalue weighted by molar-refractivity contribution is 0.0769. The summed E-state index contributed by atoms with van der Waals surface area (Å²) in [5.74, 6) is 0.862. The third kappa shape index (κ3) is 6.69. The Morgan fingerprint density at radius 3 is 2.93 bits per heavy atom. The van der Waals surface area contributed by atoms with E-state index in [1.165, 1.54) is 25.8 Å². The van der Waals surface area contributed by atoms with Gasteiger partial charge in [-0.2, -0.15) is 0 Å². The second-order valence-electron chi connectivity index (χ2n) is 4.63. The van der Waals surface area contributed by atoms with E-state index in [1.54, 1.807) is 0 Å². The van der Waals surface area contributed by atoms with E-state index in [-0.39, 0.29) is 0 Å². The van der Waals surface area contributed by atoms with Gasteiger partial charge in [-0.05, 0) is 58.5 Å². The Morgan fingerprint density at radius 1 is 1.40 bits per heavy atom. The van der Waals surface area contributed by atoms with Crippen LogP contribution in [0.2, 0.25) is 0 Å². The Morgan fingerprint density at radius 2 is 2.27 bits per heavy atom. The molecule has 0 aromatic heterocycles. The Labute approximate surface area is 94.1 Å². The van der Waals surface area contributed by atoms with Gasteiger partial charge in [0.05, 0.1) is 6.10 Å². The van der Waals surface area contributed by atoms with Crippen molar-refractivity contribution in [3.63, 3.8) is 0 Å². The summed E-state index contributed by atoms with van der Waals surface area (Å²) in [6, 6.07) is 0. The van der Waals surface area contributed by atoms with E-state index < -0.39 is 0 Å². The third-order valence-electron chi connectivity index (χ3n) is 2.76. The van der Waals surface area contributed by atoms with Gasteiger partial charge in [0.2, 0.25) is 0 Å². The topological polar surface area (TPSA) is 21.3 Å². The monoisotopic (exact) mass is 211 g/mol. The number of rotatable bonds is 7. The van der Waals surface area contributed by atoms with Gasteiger partial charge in [0.1, 0.15) is 0 Å². The molecule has 1 N–H and O–H groups in total. The molecule has 0 aromatic carbocycles. The minimum atomic E-state index is 0.369. The average Bonchev–Trinajstić information content (AvgIpc) is 2.24. The first-order chi connectivity index (χ1) is 7.29. The van der Waals surface area contributed by atoms with Crippen molar-refractivity contribution in [2.45, 2.75) is 45.6 Å². The van der Waals surface area contributed by atoms with Gasteiger partial charge in [0, 0.05) is 6.61 Å². The van der Waals surface area contributed by atoms with Gasteiger partial charge in [-0.3, -0.25) is 0 Å². The van der Waals surface area contributed by atoms with Crippen LogP contribution in [-0.4, -0.2) is 25.8 Å². The van der Waals surface area contributed by atoms with Gasteiger partial charge in [0.25, 0.3) is 0 Å². The molecule has 0 fully saturated rings. The van der Waals surface area contributed by atoms with E-state index >= 15 is 0 Å². The minimum Gasteiger partial charge on any atom is -0.379 e. The zero-order valence-corrected chi connectivity index (χ0v) is 10.2. The predicted molar refractivity (Wildman–Crippen MR) is 65.1 cm³/mol. The van der Waals surface area contributed by atoms with Crippen molar-refractivity contribution in [3.05, 3.63) is 12.2 Å². The molecule has 0 aromatic rings. The van der Waals surface area contributed by atoms with Crippen molar-refractivity contribution < 1.29 is 4.74 Å². The normalized spacial score (nSPS) is 21.1. The smallest absolute Gasteiger partial charge is 0.0518 e. The minimum absolute atomic E-state index is 0.369. The number of ether oxygens (including phenoxy) is 1. The van der Waals surface area contributed by atoms with Crippen molar-refractivity contribution in [1.29, 1.82) is 0 Å². The highest BCUT2D eigenvalue weighted by Crippen LogP contribution is 2.16. The fourth-order valence-corrected chi connectivity index (χ4v) is 1.86. The summed E-state index contributed by atoms with van der Waals surface area (Å²) in [6.07, 6.45) is 9.99. The van der Waals surface area contributed by atoms with E-state index in [1.807, 2.05) is 0 Å². The van der Waals surface area contributed by atoms with Gasteiger partial charge < -0.3 is 10.1 Å². The lowest BCUT2D eigenvalue weighted by Gasteiger charge is -2.18. The van der Waals surface area contributed by atoms with Crippen LogP contribution in [0.15, 0.2) is 12.2 Å². The van der Waals surface area contributed by atoms with Crippen molar-refractivity contribution >= 4 is 0 Å². The molecule has 88 valence electrons. The molecule has 1 unspecified atom stereocenters. The second-order valence-corrected chi connectivity index (χ2v) is 4.63. The maximum atomic E-state index is 5.48. The third-order valence-corrected chi connectivity index (χ3v) is 2.76. The summed E-state index contributed by atoms with van der Waals surface area (Å²) in [4.78, 5) is 0. The molecule has 0 spiro atoms. The van der Waals surface area contributed by atoms with Gasteiger partial charge in [-0.15, -0.1) is 0 Å². The van der Waals surface area contributed by atoms with E-state index in [9.17, 15) is 0 Å². The van der Waals surface area contributed by atoms with E-state index in [2.05, 4.69) is 31.3 Å². The molecule has 15 heavy (non-hydrogen) atoms. The number of hydrogen-bond acceptors (Lipinski definition) is 2. The van der Waals surface area contributed by atoms with Crippen LogP contribution in [0, 0.1) is 5.92 Å². The summed E-state index contributed by atoms with van der Waals surface area (Å²) in [5, 5.41) is 3.51. The zero-order chi connectivity index (χ0) is 10.9. The maximum absolute atomic E-state index is 5.48. The highest BCUT2D eigenvalue weighted by molar-refractivity contribution is 4.90. The van der Waals surface area contributed by atoms with Crippen LogP contribution in [0.1, 0.15) is 39.5 Å². The molecule has 0 aliphatic heterocycles. The lowest BCUT2D eigenvalue weighted by Crippen LogP contribution is -2.25. The molecule has 0 amide bonds. The lowest BCUT2D eigenvalue weighted by atomic mass is 9.94. The van der Waals surface area contributed by atoms with Crippen LogP contribution in [0.25, 0.3) is 0 Å². The summed E-state index contributed by atoms with van der Waals surface area (Å²) in [7, 11) is 0. The first-order valence-corrected chi connectivity index (χ1v) is 6.26. The molecule has 0 saturated heterocycles. The molecule has 1 atom stereocenters. The molecular formula is C13H25NO. The first-order valence-electron chi connectivity index (χ1n) is 6.26. The van der Waals surface area contributed by atoms with Gasteiger partial charge in [-0.25, -0.2) is 0 Å². The molecule has 1 aliphatic carbocycles. The quantitative estimate of drug-likeness (QED) is 0.516. The second kappa shape index (κ2) is 7.89. The van der Waals surface area contributed by atoms with Crippen molar-refractivity contribution in [1.82, 2.24) is 5.32 Å². The standard InChI is InChI=1S/C13H25NO/c1-12(2)15-10-6-9-14-11-13-7-4-3-5-8-13/h3-4,12-14H,5-11H2,1-2H3. The highest BCUT2D eigenvalue weighted by atomic mass is 16.5. The van der Waals surface area contributed by atoms with Crippen LogP contribution in [0.4, 0.5) is 0 Å². The van der Waals surface area contributed by atoms with E-state index in [0.717, 1.165) is 25.5 Å². The molecular weight excluding hydrogens is 186 g/mol. The van der Waals surface area contributed by atoms with E-state index in [0.29, 0.717) is 6.10 Å². The molecule has 1 aliphatic rings. The average molecular weight is 211 g/mol. The molecule has 0 heterocycles.